The number of aromatic amines is 2. The van der Waals surface area contributed by atoms with Gasteiger partial charge in [0.05, 0.1) is 12.5 Å². The van der Waals surface area contributed by atoms with E-state index in [1.807, 2.05) is 48.7 Å². The maximum Gasteiger partial charge on any atom is 0.326 e. The largest absolute Gasteiger partial charge is 0.481 e. The Kier molecular flexibility index (Phi) is 11.2. The van der Waals surface area contributed by atoms with E-state index in [1.165, 1.54) is 11.8 Å². The van der Waals surface area contributed by atoms with Crippen molar-refractivity contribution in [1.82, 2.24) is 25.9 Å². The molecule has 3 amide bonds. The number of para-hydroxylation sites is 2. The van der Waals surface area contributed by atoms with Crippen LogP contribution in [-0.2, 0) is 36.8 Å². The Bertz CT molecular complexity index is 1680. The van der Waals surface area contributed by atoms with Crippen LogP contribution in [0.3, 0.4) is 0 Å². The molecule has 45 heavy (non-hydrogen) atoms. The minimum atomic E-state index is -1.60. The molecular formula is C31H36N6O7S. The summed E-state index contributed by atoms with van der Waals surface area (Å²) in [6, 6.07) is 9.70. The van der Waals surface area contributed by atoms with E-state index in [0.717, 1.165) is 27.4 Å². The van der Waals surface area contributed by atoms with Gasteiger partial charge in [-0.1, -0.05) is 36.4 Å². The molecule has 0 radical (unpaired) electrons. The van der Waals surface area contributed by atoms with Gasteiger partial charge in [-0.25, -0.2) is 4.79 Å². The maximum atomic E-state index is 13.3. The van der Waals surface area contributed by atoms with Crippen LogP contribution in [0.15, 0.2) is 60.9 Å². The predicted molar refractivity (Wildman–Crippen MR) is 171 cm³/mol. The fraction of sp³-hybridized carbons (Fsp3) is 0.323. The van der Waals surface area contributed by atoms with E-state index in [0.29, 0.717) is 11.3 Å². The van der Waals surface area contributed by atoms with Gasteiger partial charge in [0, 0.05) is 40.6 Å². The van der Waals surface area contributed by atoms with Gasteiger partial charge < -0.3 is 41.9 Å². The number of thioether (sulfide) groups is 1. The van der Waals surface area contributed by atoms with Crippen molar-refractivity contribution >= 4 is 63.2 Å². The summed E-state index contributed by atoms with van der Waals surface area (Å²) in [5.74, 6) is -4.61. The van der Waals surface area contributed by atoms with Gasteiger partial charge in [-0.3, -0.25) is 19.2 Å². The Morgan fingerprint density at radius 3 is 1.82 bits per heavy atom. The smallest absolute Gasteiger partial charge is 0.326 e. The molecule has 4 unspecified atom stereocenters. The molecule has 4 rings (SSSR count). The van der Waals surface area contributed by atoms with E-state index >= 15 is 0 Å². The third kappa shape index (κ3) is 8.64. The zero-order valence-corrected chi connectivity index (χ0v) is 25.4. The zero-order chi connectivity index (χ0) is 32.5. The molecule has 0 aliphatic rings. The van der Waals surface area contributed by atoms with Crippen LogP contribution in [0.2, 0.25) is 0 Å². The lowest BCUT2D eigenvalue weighted by atomic mass is 10.0. The van der Waals surface area contributed by atoms with Crippen molar-refractivity contribution in [2.45, 2.75) is 49.9 Å². The van der Waals surface area contributed by atoms with E-state index in [4.69, 9.17) is 5.73 Å². The van der Waals surface area contributed by atoms with Crippen LogP contribution in [0.1, 0.15) is 24.0 Å². The molecule has 9 N–H and O–H groups in total. The summed E-state index contributed by atoms with van der Waals surface area (Å²) in [5, 5.41) is 28.4. The van der Waals surface area contributed by atoms with Crippen molar-refractivity contribution < 1.29 is 34.2 Å². The lowest BCUT2D eigenvalue weighted by Crippen LogP contribution is -2.58. The molecule has 2 heterocycles. The number of H-pyrrole nitrogens is 2. The molecule has 0 saturated carbocycles. The summed E-state index contributed by atoms with van der Waals surface area (Å²) in [5.41, 5.74) is 9.36. The number of carbonyl (C=O) groups excluding carboxylic acids is 3. The van der Waals surface area contributed by atoms with Crippen LogP contribution in [0.25, 0.3) is 21.8 Å². The van der Waals surface area contributed by atoms with Gasteiger partial charge in [-0.2, -0.15) is 11.8 Å². The second-order valence-electron chi connectivity index (χ2n) is 10.6. The molecule has 2 aromatic heterocycles. The van der Waals surface area contributed by atoms with E-state index in [-0.39, 0.29) is 19.3 Å². The first-order valence-electron chi connectivity index (χ1n) is 14.3. The van der Waals surface area contributed by atoms with Crippen molar-refractivity contribution in [3.05, 3.63) is 72.1 Å². The summed E-state index contributed by atoms with van der Waals surface area (Å²) in [7, 11) is 0. The fourth-order valence-electron chi connectivity index (χ4n) is 5.06. The minimum Gasteiger partial charge on any atom is -0.481 e. The molecule has 13 nitrogen and oxygen atoms in total. The Labute approximate surface area is 262 Å². The molecule has 14 heteroatoms. The average Bonchev–Trinajstić information content (AvgIpc) is 3.62. The lowest BCUT2D eigenvalue weighted by Gasteiger charge is -2.24. The van der Waals surface area contributed by atoms with Crippen LogP contribution in [0.4, 0.5) is 0 Å². The van der Waals surface area contributed by atoms with E-state index < -0.39 is 60.2 Å². The number of benzene rings is 2. The number of aromatic nitrogens is 2. The maximum absolute atomic E-state index is 13.3. The highest BCUT2D eigenvalue weighted by molar-refractivity contribution is 7.98. The van der Waals surface area contributed by atoms with Gasteiger partial charge in [0.2, 0.25) is 17.7 Å². The Balaban J connectivity index is 1.44. The SMILES string of the molecule is CSCCC(NC(=O)C(N)Cc1c[nH]c2ccccc12)C(=O)NC(CC(=O)O)C(=O)NC(Cc1c[nH]c2ccccc12)C(=O)O. The standard InChI is InChI=1S/C31H36N6O7S/c1-45-11-10-24(35-28(40)21(32)12-17-15-33-22-8-4-2-6-19(17)22)29(41)36-25(14-27(38)39)30(42)37-26(31(43)44)13-18-16-34-23-9-5-3-7-20(18)23/h2-9,15-16,21,24-26,33-34H,10-14,32H2,1H3,(H,35,40)(H,36,41)(H,37,42)(H,38,39)(H,43,44). The van der Waals surface area contributed by atoms with Crippen molar-refractivity contribution in [3.8, 4) is 0 Å². The van der Waals surface area contributed by atoms with E-state index in [9.17, 15) is 34.2 Å². The minimum absolute atomic E-state index is 0.0838. The van der Waals surface area contributed by atoms with Gasteiger partial charge in [0.25, 0.3) is 0 Å². The third-order valence-corrected chi connectivity index (χ3v) is 8.06. The number of nitrogens with two attached hydrogens (primary N) is 1. The van der Waals surface area contributed by atoms with Crippen LogP contribution in [0.5, 0.6) is 0 Å². The fourth-order valence-corrected chi connectivity index (χ4v) is 5.53. The van der Waals surface area contributed by atoms with E-state index in [1.54, 1.807) is 18.5 Å². The number of carbonyl (C=O) groups is 5. The first-order valence-corrected chi connectivity index (χ1v) is 15.7. The molecular weight excluding hydrogens is 600 g/mol. The first-order chi connectivity index (χ1) is 21.6. The molecule has 0 fully saturated rings. The number of hydrogen-bond donors (Lipinski definition) is 8. The van der Waals surface area contributed by atoms with Gasteiger partial charge >= 0.3 is 11.9 Å². The Morgan fingerprint density at radius 2 is 1.27 bits per heavy atom. The summed E-state index contributed by atoms with van der Waals surface area (Å²) in [4.78, 5) is 69.5. The van der Waals surface area contributed by atoms with Gasteiger partial charge in [0.1, 0.15) is 18.1 Å². The topological polar surface area (TPSA) is 219 Å². The molecule has 0 aliphatic heterocycles. The normalized spacial score (nSPS) is 13.9. The zero-order valence-electron chi connectivity index (χ0n) is 24.5. The molecule has 0 aliphatic carbocycles. The number of rotatable bonds is 16. The highest BCUT2D eigenvalue weighted by atomic mass is 32.2. The molecule has 0 spiro atoms. The highest BCUT2D eigenvalue weighted by Gasteiger charge is 2.32. The monoisotopic (exact) mass is 636 g/mol. The number of fused-ring (bicyclic) bond motifs is 2. The second-order valence-corrected chi connectivity index (χ2v) is 11.6. The van der Waals surface area contributed by atoms with Crippen LogP contribution in [-0.4, -0.2) is 86.0 Å². The Hall–Kier alpha value is -4.82. The van der Waals surface area contributed by atoms with Gasteiger partial charge in [-0.05, 0) is 48.1 Å². The van der Waals surface area contributed by atoms with Crippen LogP contribution < -0.4 is 21.7 Å². The predicted octanol–water partition coefficient (Wildman–Crippen LogP) is 1.53. The summed E-state index contributed by atoms with van der Waals surface area (Å²) in [6.07, 6.45) is 4.72. The number of aliphatic carboxylic acids is 2. The van der Waals surface area contributed by atoms with Crippen LogP contribution in [0, 0.1) is 0 Å². The Morgan fingerprint density at radius 1 is 0.756 bits per heavy atom. The molecule has 4 atom stereocenters. The number of hydrogen-bond acceptors (Lipinski definition) is 7. The average molecular weight is 637 g/mol. The number of carboxylic acid groups (broad SMARTS) is 2. The third-order valence-electron chi connectivity index (χ3n) is 7.42. The summed E-state index contributed by atoms with van der Waals surface area (Å²) in [6.45, 7) is 0. The van der Waals surface area contributed by atoms with Crippen molar-refractivity contribution in [2.75, 3.05) is 12.0 Å². The molecule has 4 aromatic rings. The molecule has 0 bridgehead atoms. The second kappa shape index (κ2) is 15.3. The van der Waals surface area contributed by atoms with Crippen molar-refractivity contribution in [1.29, 1.82) is 0 Å². The van der Waals surface area contributed by atoms with E-state index in [2.05, 4.69) is 25.9 Å². The number of nitrogens with one attached hydrogen (secondary N) is 5. The summed E-state index contributed by atoms with van der Waals surface area (Å²) < 4.78 is 0. The van der Waals surface area contributed by atoms with Gasteiger partial charge in [0.15, 0.2) is 0 Å². The van der Waals surface area contributed by atoms with Crippen molar-refractivity contribution in [3.63, 3.8) is 0 Å². The summed E-state index contributed by atoms with van der Waals surface area (Å²) >= 11 is 1.43. The first kappa shape index (κ1) is 33.1. The molecule has 0 saturated heterocycles. The van der Waals surface area contributed by atoms with Crippen molar-refractivity contribution in [2.24, 2.45) is 5.73 Å². The number of amides is 3. The molecule has 2 aromatic carbocycles. The van der Waals surface area contributed by atoms with Crippen LogP contribution >= 0.6 is 11.8 Å². The lowest BCUT2D eigenvalue weighted by molar-refractivity contribution is -0.143. The highest BCUT2D eigenvalue weighted by Crippen LogP contribution is 2.20. The molecule has 238 valence electrons. The quantitative estimate of drug-likeness (QED) is 0.0892. The van der Waals surface area contributed by atoms with Gasteiger partial charge in [-0.15, -0.1) is 0 Å². The number of carboxylic acids is 2.